The molecule has 0 saturated heterocycles. The van der Waals surface area contributed by atoms with Gasteiger partial charge in [-0.3, -0.25) is 24.0 Å². The minimum absolute atomic E-state index is 0.153. The average Bonchev–Trinajstić information content (AvgIpc) is 2.62. The fourth-order valence-corrected chi connectivity index (χ4v) is 1.66. The van der Waals surface area contributed by atoms with E-state index in [1.807, 2.05) is 0 Å². The summed E-state index contributed by atoms with van der Waals surface area (Å²) in [7, 11) is 4.65. The minimum atomic E-state index is -0.306. The molecular weight excluding hydrogens is 238 g/mol. The molecule has 2 aromatic rings. The van der Waals surface area contributed by atoms with Crippen LogP contribution >= 0.6 is 0 Å². The molecule has 2 aromatic heterocycles. The molecule has 0 spiro atoms. The van der Waals surface area contributed by atoms with Gasteiger partial charge in [-0.05, 0) is 0 Å². The molecule has 2 heterocycles. The summed E-state index contributed by atoms with van der Waals surface area (Å²) in [5.41, 5.74) is 0.256. The number of anilines is 1. The number of imidazole rings is 1. The number of hydrogen-bond donors (Lipinski definition) is 1. The molecule has 18 heavy (non-hydrogen) atoms. The zero-order valence-corrected chi connectivity index (χ0v) is 10.5. The Morgan fingerprint density at radius 1 is 1.28 bits per heavy atom. The number of carbonyl (C=O) groups excluding carboxylic acids is 1. The summed E-state index contributed by atoms with van der Waals surface area (Å²) in [5, 5.41) is 2.48. The summed E-state index contributed by atoms with van der Waals surface area (Å²) in [6.45, 7) is 1.34. The van der Waals surface area contributed by atoms with E-state index in [1.165, 1.54) is 30.2 Å². The summed E-state index contributed by atoms with van der Waals surface area (Å²) < 4.78 is 7.79. The van der Waals surface area contributed by atoms with Crippen LogP contribution in [0.3, 0.4) is 0 Å². The molecule has 0 aliphatic heterocycles. The van der Waals surface area contributed by atoms with Gasteiger partial charge in [0.15, 0.2) is 11.2 Å². The SMILES string of the molecule is COc1nc2nc(NC(C)=O)n(C)c(=O)c2n1C. The first kappa shape index (κ1) is 12.1. The first-order valence-electron chi connectivity index (χ1n) is 5.20. The lowest BCUT2D eigenvalue weighted by Gasteiger charge is -2.06. The van der Waals surface area contributed by atoms with Crippen molar-refractivity contribution in [3.63, 3.8) is 0 Å². The number of nitrogens with one attached hydrogen (secondary N) is 1. The van der Waals surface area contributed by atoms with E-state index >= 15 is 0 Å². The number of amides is 1. The van der Waals surface area contributed by atoms with E-state index < -0.39 is 0 Å². The number of ether oxygens (including phenoxy) is 1. The molecular formula is C10H13N5O3. The summed E-state index contributed by atoms with van der Waals surface area (Å²) in [4.78, 5) is 31.4. The number of aryl methyl sites for hydroxylation is 1. The molecule has 0 bridgehead atoms. The lowest BCUT2D eigenvalue weighted by Crippen LogP contribution is -2.25. The van der Waals surface area contributed by atoms with Gasteiger partial charge in [-0.25, -0.2) is 0 Å². The van der Waals surface area contributed by atoms with E-state index in [-0.39, 0.29) is 29.1 Å². The second kappa shape index (κ2) is 4.13. The maximum absolute atomic E-state index is 12.1. The molecule has 0 radical (unpaired) electrons. The van der Waals surface area contributed by atoms with Crippen molar-refractivity contribution in [2.24, 2.45) is 14.1 Å². The molecule has 0 aliphatic rings. The van der Waals surface area contributed by atoms with Gasteiger partial charge in [-0.1, -0.05) is 0 Å². The third kappa shape index (κ3) is 1.71. The van der Waals surface area contributed by atoms with Crippen molar-refractivity contribution >= 4 is 23.0 Å². The van der Waals surface area contributed by atoms with Crippen molar-refractivity contribution in [2.75, 3.05) is 12.4 Å². The predicted molar refractivity (Wildman–Crippen MR) is 64.6 cm³/mol. The number of hydrogen-bond acceptors (Lipinski definition) is 5. The van der Waals surface area contributed by atoms with Crippen molar-refractivity contribution in [1.82, 2.24) is 19.1 Å². The normalized spacial score (nSPS) is 10.7. The fourth-order valence-electron chi connectivity index (χ4n) is 1.66. The highest BCUT2D eigenvalue weighted by Gasteiger charge is 2.16. The summed E-state index contributed by atoms with van der Waals surface area (Å²) in [6.07, 6.45) is 0. The van der Waals surface area contributed by atoms with E-state index in [1.54, 1.807) is 7.05 Å². The van der Waals surface area contributed by atoms with Gasteiger partial charge in [-0.15, -0.1) is 0 Å². The van der Waals surface area contributed by atoms with Crippen molar-refractivity contribution in [3.8, 4) is 6.01 Å². The molecule has 0 aromatic carbocycles. The number of nitrogens with zero attached hydrogens (tertiary/aromatic N) is 4. The highest BCUT2D eigenvalue weighted by molar-refractivity contribution is 5.87. The Morgan fingerprint density at radius 2 is 1.94 bits per heavy atom. The van der Waals surface area contributed by atoms with Gasteiger partial charge < -0.3 is 4.74 Å². The van der Waals surface area contributed by atoms with Gasteiger partial charge in [-0.2, -0.15) is 9.97 Å². The Morgan fingerprint density at radius 3 is 2.50 bits per heavy atom. The van der Waals surface area contributed by atoms with Crippen molar-refractivity contribution in [3.05, 3.63) is 10.4 Å². The maximum atomic E-state index is 12.1. The molecule has 8 heteroatoms. The van der Waals surface area contributed by atoms with Crippen LogP contribution in [0.2, 0.25) is 0 Å². The Balaban J connectivity index is 2.77. The lowest BCUT2D eigenvalue weighted by atomic mass is 10.5. The average molecular weight is 251 g/mol. The number of fused-ring (bicyclic) bond motifs is 1. The van der Waals surface area contributed by atoms with Gasteiger partial charge in [0.1, 0.15) is 0 Å². The molecule has 0 atom stereocenters. The van der Waals surface area contributed by atoms with E-state index in [0.29, 0.717) is 5.52 Å². The molecule has 1 N–H and O–H groups in total. The first-order chi connectivity index (χ1) is 8.45. The van der Waals surface area contributed by atoms with E-state index in [4.69, 9.17) is 4.74 Å². The van der Waals surface area contributed by atoms with Gasteiger partial charge in [0.25, 0.3) is 11.6 Å². The summed E-state index contributed by atoms with van der Waals surface area (Å²) >= 11 is 0. The fraction of sp³-hybridized carbons (Fsp3) is 0.400. The van der Waals surface area contributed by atoms with Crippen molar-refractivity contribution in [1.29, 1.82) is 0 Å². The van der Waals surface area contributed by atoms with E-state index in [2.05, 4.69) is 15.3 Å². The van der Waals surface area contributed by atoms with Crippen molar-refractivity contribution in [2.45, 2.75) is 6.92 Å². The van der Waals surface area contributed by atoms with Crippen LogP contribution in [0.1, 0.15) is 6.92 Å². The maximum Gasteiger partial charge on any atom is 0.298 e. The van der Waals surface area contributed by atoms with E-state index in [0.717, 1.165) is 0 Å². The monoisotopic (exact) mass is 251 g/mol. The summed E-state index contributed by atoms with van der Waals surface area (Å²) in [5.74, 6) is -0.152. The quantitative estimate of drug-likeness (QED) is 0.786. The third-order valence-electron chi connectivity index (χ3n) is 2.54. The van der Waals surface area contributed by atoms with Gasteiger partial charge >= 0.3 is 0 Å². The Hall–Kier alpha value is -2.38. The molecule has 2 rings (SSSR count). The van der Waals surface area contributed by atoms with Crippen LogP contribution < -0.4 is 15.6 Å². The lowest BCUT2D eigenvalue weighted by molar-refractivity contribution is -0.114. The van der Waals surface area contributed by atoms with Crippen LogP contribution in [-0.2, 0) is 18.9 Å². The standard InChI is InChI=1S/C10H13N5O3/c1-5(16)11-9-12-7-6(8(17)15(9)3)14(2)10(13-7)18-4/h1-4H3,(H,11,12,16). The Labute approximate surface area is 102 Å². The van der Waals surface area contributed by atoms with Crippen LogP contribution in [0, 0.1) is 0 Å². The Kier molecular flexibility index (Phi) is 2.77. The van der Waals surface area contributed by atoms with Crippen LogP contribution in [0.15, 0.2) is 4.79 Å². The molecule has 8 nitrogen and oxygen atoms in total. The van der Waals surface area contributed by atoms with Gasteiger partial charge in [0, 0.05) is 21.0 Å². The molecule has 1 amide bonds. The predicted octanol–water partition coefficient (Wildman–Crippen LogP) is -0.366. The molecule has 0 fully saturated rings. The highest BCUT2D eigenvalue weighted by atomic mass is 16.5. The largest absolute Gasteiger partial charge is 0.468 e. The molecule has 96 valence electrons. The van der Waals surface area contributed by atoms with Gasteiger partial charge in [0.2, 0.25) is 11.9 Å². The Bertz CT molecular complexity index is 685. The van der Waals surface area contributed by atoms with Crippen molar-refractivity contribution < 1.29 is 9.53 Å². The minimum Gasteiger partial charge on any atom is -0.468 e. The second-order valence-electron chi connectivity index (χ2n) is 3.81. The van der Waals surface area contributed by atoms with Gasteiger partial charge in [0.05, 0.1) is 7.11 Å². The molecule has 0 saturated carbocycles. The van der Waals surface area contributed by atoms with Crippen LogP contribution in [0.4, 0.5) is 5.95 Å². The molecule has 0 unspecified atom stereocenters. The topological polar surface area (TPSA) is 91.0 Å². The molecule has 0 aliphatic carbocycles. The number of rotatable bonds is 2. The zero-order chi connectivity index (χ0) is 13.4. The van der Waals surface area contributed by atoms with Crippen LogP contribution in [-0.4, -0.2) is 32.1 Å². The van der Waals surface area contributed by atoms with Crippen LogP contribution in [0.25, 0.3) is 11.2 Å². The number of methoxy groups -OCH3 is 1. The number of carbonyl (C=O) groups is 1. The summed E-state index contributed by atoms with van der Waals surface area (Å²) in [6, 6.07) is 0.287. The smallest absolute Gasteiger partial charge is 0.298 e. The first-order valence-corrected chi connectivity index (χ1v) is 5.20. The van der Waals surface area contributed by atoms with E-state index in [9.17, 15) is 9.59 Å². The third-order valence-corrected chi connectivity index (χ3v) is 2.54. The zero-order valence-electron chi connectivity index (χ0n) is 10.5. The second-order valence-corrected chi connectivity index (χ2v) is 3.81. The van der Waals surface area contributed by atoms with Crippen LogP contribution in [0.5, 0.6) is 6.01 Å². The number of aromatic nitrogens is 4. The highest BCUT2D eigenvalue weighted by Crippen LogP contribution is 2.16.